The maximum Gasteiger partial charge on any atom is 0.343 e. The zero-order chi connectivity index (χ0) is 15.5. The lowest BCUT2D eigenvalue weighted by Gasteiger charge is -2.23. The van der Waals surface area contributed by atoms with Crippen molar-refractivity contribution in [2.24, 2.45) is 0 Å². The largest absolute Gasteiger partial charge is 0.423 e. The molecule has 0 aromatic heterocycles. The van der Waals surface area contributed by atoms with E-state index in [0.717, 1.165) is 12.0 Å². The van der Waals surface area contributed by atoms with Crippen molar-refractivity contribution in [1.29, 1.82) is 0 Å². The number of hydrogen-bond acceptors (Lipinski definition) is 2. The molecule has 0 atom stereocenters. The predicted octanol–water partition coefficient (Wildman–Crippen LogP) is 4.90. The van der Waals surface area contributed by atoms with Gasteiger partial charge in [-0.15, -0.1) is 0 Å². The maximum absolute atomic E-state index is 12.2. The molecular weight excluding hydrogens is 260 g/mol. The average Bonchev–Trinajstić information content (AvgIpc) is 2.48. The molecule has 2 rings (SSSR count). The zero-order valence-corrected chi connectivity index (χ0v) is 13.1. The molecule has 0 heterocycles. The third-order valence-corrected chi connectivity index (χ3v) is 4.10. The molecule has 0 radical (unpaired) electrons. The lowest BCUT2D eigenvalue weighted by Crippen LogP contribution is -2.15. The quantitative estimate of drug-likeness (QED) is 0.589. The van der Waals surface area contributed by atoms with Crippen molar-refractivity contribution in [3.63, 3.8) is 0 Å². The summed E-state index contributed by atoms with van der Waals surface area (Å²) < 4.78 is 5.44. The van der Waals surface area contributed by atoms with Crippen LogP contribution in [-0.2, 0) is 5.41 Å². The van der Waals surface area contributed by atoms with E-state index >= 15 is 0 Å². The van der Waals surface area contributed by atoms with Crippen LogP contribution in [-0.4, -0.2) is 5.97 Å². The summed E-state index contributed by atoms with van der Waals surface area (Å²) in [6.45, 7) is 8.50. The summed E-state index contributed by atoms with van der Waals surface area (Å²) in [6, 6.07) is 15.2. The van der Waals surface area contributed by atoms with Crippen LogP contribution in [0.3, 0.4) is 0 Å². The van der Waals surface area contributed by atoms with Crippen LogP contribution in [0.2, 0.25) is 0 Å². The van der Waals surface area contributed by atoms with Crippen LogP contribution < -0.4 is 4.74 Å². The molecule has 21 heavy (non-hydrogen) atoms. The predicted molar refractivity (Wildman–Crippen MR) is 85.9 cm³/mol. The second kappa shape index (κ2) is 6.13. The van der Waals surface area contributed by atoms with E-state index in [2.05, 4.69) is 20.8 Å². The zero-order valence-electron chi connectivity index (χ0n) is 13.1. The lowest BCUT2D eigenvalue weighted by molar-refractivity contribution is 0.0734. The molecule has 2 nitrogen and oxygen atoms in total. The van der Waals surface area contributed by atoms with Crippen LogP contribution in [0.5, 0.6) is 5.75 Å². The van der Waals surface area contributed by atoms with Crippen LogP contribution in [0.15, 0.2) is 48.5 Å². The van der Waals surface area contributed by atoms with Crippen LogP contribution >= 0.6 is 0 Å². The number of hydrogen-bond donors (Lipinski definition) is 0. The Kier molecular flexibility index (Phi) is 4.46. The molecule has 0 saturated heterocycles. The van der Waals surface area contributed by atoms with Gasteiger partial charge in [-0.2, -0.15) is 0 Å². The van der Waals surface area contributed by atoms with Gasteiger partial charge in [-0.3, -0.25) is 0 Å². The first-order valence-corrected chi connectivity index (χ1v) is 7.32. The molecule has 0 bridgehead atoms. The second-order valence-electron chi connectivity index (χ2n) is 5.97. The molecule has 0 unspecified atom stereocenters. The van der Waals surface area contributed by atoms with Gasteiger partial charge in [-0.05, 0) is 48.1 Å². The van der Waals surface area contributed by atoms with Crippen LogP contribution in [0.25, 0.3) is 0 Å². The van der Waals surface area contributed by atoms with E-state index in [-0.39, 0.29) is 11.4 Å². The Bertz CT molecular complexity index is 624. The number of esters is 1. The average molecular weight is 282 g/mol. The van der Waals surface area contributed by atoms with E-state index in [1.54, 1.807) is 6.07 Å². The topological polar surface area (TPSA) is 26.3 Å². The van der Waals surface area contributed by atoms with Crippen molar-refractivity contribution in [2.75, 3.05) is 0 Å². The van der Waals surface area contributed by atoms with Gasteiger partial charge in [0.2, 0.25) is 0 Å². The van der Waals surface area contributed by atoms with E-state index in [4.69, 9.17) is 4.74 Å². The Labute approximate surface area is 126 Å². The van der Waals surface area contributed by atoms with Crippen LogP contribution in [0.1, 0.15) is 48.7 Å². The molecule has 2 aromatic carbocycles. The fraction of sp³-hybridized carbons (Fsp3) is 0.316. The van der Waals surface area contributed by atoms with E-state index in [1.807, 2.05) is 49.4 Å². The summed E-state index contributed by atoms with van der Waals surface area (Å²) in [5, 5.41) is 0. The first-order valence-electron chi connectivity index (χ1n) is 7.32. The summed E-state index contributed by atoms with van der Waals surface area (Å²) in [5.41, 5.74) is 2.92. The number of carbonyl (C=O) groups is 1. The second-order valence-corrected chi connectivity index (χ2v) is 5.97. The Morgan fingerprint density at radius 1 is 1.05 bits per heavy atom. The summed E-state index contributed by atoms with van der Waals surface area (Å²) in [6.07, 6.45) is 1.06. The third-order valence-electron chi connectivity index (χ3n) is 4.10. The minimum absolute atomic E-state index is 0.137. The molecule has 110 valence electrons. The Hall–Kier alpha value is -2.09. The molecule has 0 aliphatic heterocycles. The molecule has 2 heteroatoms. The molecule has 0 saturated carbocycles. The van der Waals surface area contributed by atoms with Gasteiger partial charge in [0.25, 0.3) is 0 Å². The summed E-state index contributed by atoms with van der Waals surface area (Å²) in [7, 11) is 0. The molecule has 0 amide bonds. The monoisotopic (exact) mass is 282 g/mol. The van der Waals surface area contributed by atoms with Gasteiger partial charge in [-0.1, -0.05) is 51.1 Å². The van der Waals surface area contributed by atoms with Crippen molar-refractivity contribution in [2.45, 2.75) is 39.5 Å². The number of carbonyl (C=O) groups excluding carboxylic acids is 1. The molecule has 0 N–H and O–H groups in total. The van der Waals surface area contributed by atoms with Crippen molar-refractivity contribution in [3.8, 4) is 5.75 Å². The fourth-order valence-electron chi connectivity index (χ4n) is 2.14. The van der Waals surface area contributed by atoms with Gasteiger partial charge in [0.15, 0.2) is 0 Å². The molecule has 0 spiro atoms. The smallest absolute Gasteiger partial charge is 0.343 e. The first kappa shape index (κ1) is 15.3. The van der Waals surface area contributed by atoms with Gasteiger partial charge in [0.1, 0.15) is 5.75 Å². The Morgan fingerprint density at radius 2 is 1.67 bits per heavy atom. The van der Waals surface area contributed by atoms with Crippen LogP contribution in [0, 0.1) is 6.92 Å². The minimum atomic E-state index is -0.310. The molecule has 2 aromatic rings. The standard InChI is InChI=1S/C19H22O2/c1-5-19(3,4)15-10-12-16(13-11-15)21-18(20)17-9-7-6-8-14(17)2/h6-13H,5H2,1-4H3. The van der Waals surface area contributed by atoms with Crippen molar-refractivity contribution in [3.05, 3.63) is 65.2 Å². The Balaban J connectivity index is 2.14. The van der Waals surface area contributed by atoms with Crippen LogP contribution in [0.4, 0.5) is 0 Å². The molecule has 0 aliphatic rings. The number of rotatable bonds is 4. The minimum Gasteiger partial charge on any atom is -0.423 e. The molecule has 0 fully saturated rings. The van der Waals surface area contributed by atoms with Crippen molar-refractivity contribution >= 4 is 5.97 Å². The van der Waals surface area contributed by atoms with Gasteiger partial charge < -0.3 is 4.74 Å². The highest BCUT2D eigenvalue weighted by molar-refractivity contribution is 5.92. The number of ether oxygens (including phenoxy) is 1. The summed E-state index contributed by atoms with van der Waals surface area (Å²) in [5.74, 6) is 0.273. The first-order chi connectivity index (χ1) is 9.94. The van der Waals surface area contributed by atoms with E-state index in [1.165, 1.54) is 5.56 Å². The molecule has 0 aliphatic carbocycles. The van der Waals surface area contributed by atoms with Crippen molar-refractivity contribution in [1.82, 2.24) is 0 Å². The summed E-state index contributed by atoms with van der Waals surface area (Å²) in [4.78, 5) is 12.2. The van der Waals surface area contributed by atoms with Gasteiger partial charge in [0, 0.05) is 0 Å². The normalized spacial score (nSPS) is 11.2. The van der Waals surface area contributed by atoms with E-state index < -0.39 is 0 Å². The SMILES string of the molecule is CCC(C)(C)c1ccc(OC(=O)c2ccccc2C)cc1. The fourth-order valence-corrected chi connectivity index (χ4v) is 2.14. The maximum atomic E-state index is 12.2. The highest BCUT2D eigenvalue weighted by Gasteiger charge is 2.18. The third kappa shape index (κ3) is 3.52. The lowest BCUT2D eigenvalue weighted by atomic mass is 9.82. The highest BCUT2D eigenvalue weighted by atomic mass is 16.5. The van der Waals surface area contributed by atoms with Gasteiger partial charge in [0.05, 0.1) is 5.56 Å². The Morgan fingerprint density at radius 3 is 2.24 bits per heavy atom. The highest BCUT2D eigenvalue weighted by Crippen LogP contribution is 2.28. The van der Waals surface area contributed by atoms with Gasteiger partial charge >= 0.3 is 5.97 Å². The number of aryl methyl sites for hydroxylation is 1. The van der Waals surface area contributed by atoms with E-state index in [9.17, 15) is 4.79 Å². The number of benzene rings is 2. The molecular formula is C19H22O2. The van der Waals surface area contributed by atoms with Gasteiger partial charge in [-0.25, -0.2) is 4.79 Å². The summed E-state index contributed by atoms with van der Waals surface area (Å²) >= 11 is 0. The van der Waals surface area contributed by atoms with E-state index in [0.29, 0.717) is 11.3 Å². The van der Waals surface area contributed by atoms with Crippen molar-refractivity contribution < 1.29 is 9.53 Å².